The van der Waals surface area contributed by atoms with Gasteiger partial charge >= 0.3 is 29.6 Å². The molecule has 0 heterocycles. The van der Waals surface area contributed by atoms with Gasteiger partial charge in [0.2, 0.25) is 0 Å². The average Bonchev–Trinajstić information content (AvgIpc) is 2.42. The molecule has 1 unspecified atom stereocenters. The molecule has 0 rings (SSSR count). The SMILES string of the molecule is CCCCCCCCCC(CC)S(=O)(=O)OCCCN.[H-].[Na+]. The average molecular weight is 331 g/mol. The van der Waals surface area contributed by atoms with E-state index in [-0.39, 0.29) is 42.8 Å². The Bertz CT molecular complexity index is 316. The molecule has 0 aromatic heterocycles. The van der Waals surface area contributed by atoms with Crippen LogP contribution in [0.3, 0.4) is 0 Å². The third kappa shape index (κ3) is 13.0. The van der Waals surface area contributed by atoms with Crippen molar-refractivity contribution in [2.24, 2.45) is 5.73 Å². The van der Waals surface area contributed by atoms with E-state index >= 15 is 0 Å². The summed E-state index contributed by atoms with van der Waals surface area (Å²) in [5, 5.41) is -0.351. The molecule has 0 saturated heterocycles. The second-order valence-electron chi connectivity index (χ2n) is 5.40. The van der Waals surface area contributed by atoms with Crippen LogP contribution in [-0.4, -0.2) is 26.8 Å². The van der Waals surface area contributed by atoms with E-state index in [0.717, 1.165) is 19.3 Å². The standard InChI is InChI=1S/C15H33NO3S.Na.H/c1-3-5-6-7-8-9-10-12-15(4-2)20(17,18)19-14-11-13-16;;/h15H,3-14,16H2,1-2H3;;/q;+1;-1. The van der Waals surface area contributed by atoms with Crippen molar-refractivity contribution < 1.29 is 43.6 Å². The van der Waals surface area contributed by atoms with E-state index in [4.69, 9.17) is 9.92 Å². The van der Waals surface area contributed by atoms with Crippen molar-refractivity contribution in [3.8, 4) is 0 Å². The van der Waals surface area contributed by atoms with Crippen LogP contribution in [0.4, 0.5) is 0 Å². The fraction of sp³-hybridized carbons (Fsp3) is 1.00. The van der Waals surface area contributed by atoms with Crippen molar-refractivity contribution in [1.82, 2.24) is 0 Å². The Morgan fingerprint density at radius 1 is 1.00 bits per heavy atom. The van der Waals surface area contributed by atoms with Crippen molar-refractivity contribution in [3.63, 3.8) is 0 Å². The predicted molar refractivity (Wildman–Crippen MR) is 86.3 cm³/mol. The van der Waals surface area contributed by atoms with Crippen LogP contribution in [0.5, 0.6) is 0 Å². The van der Waals surface area contributed by atoms with Crippen LogP contribution in [-0.2, 0) is 14.3 Å². The molecule has 21 heavy (non-hydrogen) atoms. The minimum Gasteiger partial charge on any atom is -1.00 e. The third-order valence-electron chi connectivity index (χ3n) is 3.59. The number of rotatable bonds is 14. The van der Waals surface area contributed by atoms with Gasteiger partial charge in [0, 0.05) is 0 Å². The zero-order chi connectivity index (χ0) is 15.3. The zero-order valence-electron chi connectivity index (χ0n) is 15.3. The van der Waals surface area contributed by atoms with Crippen molar-refractivity contribution in [1.29, 1.82) is 0 Å². The van der Waals surface area contributed by atoms with Crippen molar-refractivity contribution in [2.45, 2.75) is 83.3 Å². The molecule has 2 N–H and O–H groups in total. The van der Waals surface area contributed by atoms with Gasteiger partial charge in [-0.25, -0.2) is 0 Å². The maximum absolute atomic E-state index is 12.0. The molecule has 0 aliphatic carbocycles. The molecule has 0 saturated carbocycles. The molecule has 6 heteroatoms. The van der Waals surface area contributed by atoms with Crippen molar-refractivity contribution in [2.75, 3.05) is 13.2 Å². The summed E-state index contributed by atoms with van der Waals surface area (Å²) in [5.41, 5.74) is 5.34. The van der Waals surface area contributed by atoms with Crippen LogP contribution in [0.25, 0.3) is 0 Å². The first-order valence-electron chi connectivity index (χ1n) is 8.16. The minimum atomic E-state index is -3.40. The molecule has 124 valence electrons. The van der Waals surface area contributed by atoms with Gasteiger partial charge in [-0.2, -0.15) is 8.42 Å². The normalized spacial score (nSPS) is 12.9. The fourth-order valence-electron chi connectivity index (χ4n) is 2.24. The smallest absolute Gasteiger partial charge is 1.00 e. The molecule has 0 aliphatic heterocycles. The van der Waals surface area contributed by atoms with Crippen molar-refractivity contribution >= 4 is 10.1 Å². The monoisotopic (exact) mass is 331 g/mol. The molecule has 4 nitrogen and oxygen atoms in total. The van der Waals surface area contributed by atoms with Gasteiger partial charge in [0.05, 0.1) is 11.9 Å². The number of hydrogen-bond acceptors (Lipinski definition) is 4. The Hall–Kier alpha value is 0.870. The first-order valence-corrected chi connectivity index (χ1v) is 9.63. The maximum Gasteiger partial charge on any atom is 1.00 e. The Kier molecular flexibility index (Phi) is 18.1. The van der Waals surface area contributed by atoms with E-state index in [1.165, 1.54) is 32.1 Å². The Balaban J connectivity index is -0.00000180. The topological polar surface area (TPSA) is 69.4 Å². The quantitative estimate of drug-likeness (QED) is 0.289. The molecular weight excluding hydrogens is 297 g/mol. The molecule has 0 amide bonds. The summed E-state index contributed by atoms with van der Waals surface area (Å²) in [5.74, 6) is 0. The first kappa shape index (κ1) is 24.1. The summed E-state index contributed by atoms with van der Waals surface area (Å²) in [6.07, 6.45) is 10.4. The predicted octanol–water partition coefficient (Wildman–Crippen LogP) is 0.717. The minimum absolute atomic E-state index is 0. The van der Waals surface area contributed by atoms with Crippen LogP contribution < -0.4 is 35.3 Å². The van der Waals surface area contributed by atoms with Crippen LogP contribution in [0.1, 0.15) is 79.5 Å². The molecule has 0 aliphatic rings. The third-order valence-corrected chi connectivity index (χ3v) is 5.47. The van der Waals surface area contributed by atoms with E-state index < -0.39 is 10.1 Å². The summed E-state index contributed by atoms with van der Waals surface area (Å²) < 4.78 is 29.0. The second-order valence-corrected chi connectivity index (χ2v) is 7.29. The van der Waals surface area contributed by atoms with E-state index in [0.29, 0.717) is 19.4 Å². The van der Waals surface area contributed by atoms with Gasteiger partial charge < -0.3 is 7.16 Å². The van der Waals surface area contributed by atoms with Crippen LogP contribution in [0.15, 0.2) is 0 Å². The Morgan fingerprint density at radius 2 is 1.57 bits per heavy atom. The summed E-state index contributed by atoms with van der Waals surface area (Å²) in [6.45, 7) is 4.80. The molecule has 0 spiro atoms. The largest absolute Gasteiger partial charge is 1.00 e. The summed E-state index contributed by atoms with van der Waals surface area (Å²) in [4.78, 5) is 0. The molecule has 0 fully saturated rings. The first-order chi connectivity index (χ1) is 9.58. The van der Waals surface area contributed by atoms with Gasteiger partial charge in [0.1, 0.15) is 0 Å². The molecule has 0 bridgehead atoms. The molecule has 1 atom stereocenters. The van der Waals surface area contributed by atoms with E-state index in [2.05, 4.69) is 6.92 Å². The number of unbranched alkanes of at least 4 members (excludes halogenated alkanes) is 6. The van der Waals surface area contributed by atoms with E-state index in [1.807, 2.05) is 6.92 Å². The van der Waals surface area contributed by atoms with Gasteiger partial charge in [-0.1, -0.05) is 58.8 Å². The van der Waals surface area contributed by atoms with Crippen LogP contribution >= 0.6 is 0 Å². The fourth-order valence-corrected chi connectivity index (χ4v) is 3.64. The molecular formula is C15H34NNaO3S. The second kappa shape index (κ2) is 15.8. The van der Waals surface area contributed by atoms with E-state index in [1.54, 1.807) is 0 Å². The van der Waals surface area contributed by atoms with Gasteiger partial charge in [0.15, 0.2) is 0 Å². The molecule has 0 aromatic rings. The van der Waals surface area contributed by atoms with Crippen LogP contribution in [0, 0.1) is 0 Å². The van der Waals surface area contributed by atoms with Gasteiger partial charge in [-0.05, 0) is 25.8 Å². The number of hydrogen-bond donors (Lipinski definition) is 1. The van der Waals surface area contributed by atoms with Gasteiger partial charge in [-0.3, -0.25) is 4.18 Å². The van der Waals surface area contributed by atoms with Crippen molar-refractivity contribution in [3.05, 3.63) is 0 Å². The van der Waals surface area contributed by atoms with E-state index in [9.17, 15) is 8.42 Å². The van der Waals surface area contributed by atoms with Gasteiger partial charge in [-0.15, -0.1) is 0 Å². The number of nitrogens with two attached hydrogens (primary N) is 1. The summed E-state index contributed by atoms with van der Waals surface area (Å²) in [6, 6.07) is 0. The van der Waals surface area contributed by atoms with Gasteiger partial charge in [0.25, 0.3) is 10.1 Å². The molecule has 0 radical (unpaired) electrons. The zero-order valence-corrected chi connectivity index (χ0v) is 17.1. The summed E-state index contributed by atoms with van der Waals surface area (Å²) >= 11 is 0. The molecule has 0 aromatic carbocycles. The van der Waals surface area contributed by atoms with Crippen LogP contribution in [0.2, 0.25) is 0 Å². The Morgan fingerprint density at radius 3 is 2.10 bits per heavy atom. The summed E-state index contributed by atoms with van der Waals surface area (Å²) in [7, 11) is -3.40. The maximum atomic E-state index is 12.0. The Labute approximate surface area is 155 Å².